The third-order valence-electron chi connectivity index (χ3n) is 3.89. The molecule has 0 aliphatic heterocycles. The molecule has 6 nitrogen and oxygen atoms in total. The minimum absolute atomic E-state index is 0.0770. The number of benzene rings is 1. The maximum atomic E-state index is 12.7. The highest BCUT2D eigenvalue weighted by Gasteiger charge is 2.16. The molecule has 0 radical (unpaired) electrons. The van der Waals surface area contributed by atoms with Crippen LogP contribution in [0.2, 0.25) is 0 Å². The van der Waals surface area contributed by atoms with E-state index in [4.69, 9.17) is 10.7 Å². The number of hydrogen-bond acceptors (Lipinski definition) is 4. The van der Waals surface area contributed by atoms with Gasteiger partial charge in [-0.1, -0.05) is 6.07 Å². The summed E-state index contributed by atoms with van der Waals surface area (Å²) in [6, 6.07) is 5.50. The Morgan fingerprint density at radius 3 is 2.59 bits per heavy atom. The van der Waals surface area contributed by atoms with E-state index in [9.17, 15) is 4.79 Å². The van der Waals surface area contributed by atoms with Crippen molar-refractivity contribution < 1.29 is 0 Å². The lowest BCUT2D eigenvalue weighted by atomic mass is 10.0. The zero-order valence-electron chi connectivity index (χ0n) is 13.2. The first-order chi connectivity index (χ1) is 10.4. The summed E-state index contributed by atoms with van der Waals surface area (Å²) in [5.74, 6) is 0.586. The second kappa shape index (κ2) is 5.06. The summed E-state index contributed by atoms with van der Waals surface area (Å²) >= 11 is 0. The van der Waals surface area contributed by atoms with Crippen LogP contribution in [0.5, 0.6) is 0 Å². The van der Waals surface area contributed by atoms with E-state index in [1.54, 1.807) is 22.5 Å². The van der Waals surface area contributed by atoms with Crippen molar-refractivity contribution in [1.29, 1.82) is 0 Å². The minimum atomic E-state index is -0.193. The quantitative estimate of drug-likeness (QED) is 0.780. The SMILES string of the molecule is Cc1cc([C@@H](C)N)c2nc(-c3ccnn3C)n(C)c(=O)c2c1. The van der Waals surface area contributed by atoms with Crippen LogP contribution in [0.15, 0.2) is 29.2 Å². The van der Waals surface area contributed by atoms with Crippen molar-refractivity contribution in [2.75, 3.05) is 0 Å². The molecule has 114 valence electrons. The van der Waals surface area contributed by atoms with Crippen molar-refractivity contribution in [3.63, 3.8) is 0 Å². The second-order valence-electron chi connectivity index (χ2n) is 5.68. The number of aryl methyl sites for hydroxylation is 2. The molecule has 0 fully saturated rings. The fraction of sp³-hybridized carbons (Fsp3) is 0.312. The van der Waals surface area contributed by atoms with Crippen LogP contribution in [0, 0.1) is 6.92 Å². The molecule has 0 saturated heterocycles. The maximum Gasteiger partial charge on any atom is 0.261 e. The smallest absolute Gasteiger partial charge is 0.261 e. The Morgan fingerprint density at radius 1 is 1.27 bits per heavy atom. The third-order valence-corrected chi connectivity index (χ3v) is 3.89. The molecule has 2 aromatic heterocycles. The van der Waals surface area contributed by atoms with E-state index in [1.165, 1.54) is 0 Å². The van der Waals surface area contributed by atoms with Gasteiger partial charge in [-0.2, -0.15) is 5.10 Å². The molecule has 0 aliphatic rings. The van der Waals surface area contributed by atoms with Crippen LogP contribution >= 0.6 is 0 Å². The fourth-order valence-electron chi connectivity index (χ4n) is 2.72. The van der Waals surface area contributed by atoms with Crippen LogP contribution < -0.4 is 11.3 Å². The van der Waals surface area contributed by atoms with Crippen LogP contribution in [-0.2, 0) is 14.1 Å². The number of nitrogens with zero attached hydrogens (tertiary/aromatic N) is 4. The van der Waals surface area contributed by atoms with Crippen LogP contribution in [0.4, 0.5) is 0 Å². The molecule has 0 saturated carbocycles. The Morgan fingerprint density at radius 2 is 2.00 bits per heavy atom. The van der Waals surface area contributed by atoms with E-state index in [0.717, 1.165) is 16.8 Å². The average Bonchev–Trinajstić information content (AvgIpc) is 2.88. The van der Waals surface area contributed by atoms with Gasteiger partial charge in [-0.25, -0.2) is 4.98 Å². The number of rotatable bonds is 2. The standard InChI is InChI=1S/C16H19N5O/c1-9-7-11(10(2)17)14-12(8-9)16(22)20(3)15(19-14)13-5-6-18-21(13)4/h5-8,10H,17H2,1-4H3/t10-/m1/s1. The molecule has 0 aliphatic carbocycles. The summed E-state index contributed by atoms with van der Waals surface area (Å²) in [5.41, 5.74) is 9.34. The molecular weight excluding hydrogens is 278 g/mol. The Balaban J connectivity index is 2.46. The third kappa shape index (κ3) is 2.12. The van der Waals surface area contributed by atoms with Gasteiger partial charge in [-0.05, 0) is 37.1 Å². The van der Waals surface area contributed by atoms with Crippen LogP contribution in [0.1, 0.15) is 24.1 Å². The first-order valence-corrected chi connectivity index (χ1v) is 7.15. The van der Waals surface area contributed by atoms with Gasteiger partial charge in [0.1, 0.15) is 5.69 Å². The summed E-state index contributed by atoms with van der Waals surface area (Å²) < 4.78 is 3.26. The Kier molecular flexibility index (Phi) is 3.33. The van der Waals surface area contributed by atoms with Crippen molar-refractivity contribution in [3.8, 4) is 11.5 Å². The van der Waals surface area contributed by atoms with Crippen molar-refractivity contribution in [3.05, 3.63) is 45.9 Å². The molecule has 6 heteroatoms. The summed E-state index contributed by atoms with van der Waals surface area (Å²) in [4.78, 5) is 17.5. The van der Waals surface area contributed by atoms with Crippen LogP contribution in [-0.4, -0.2) is 19.3 Å². The molecule has 3 rings (SSSR count). The molecule has 1 atom stereocenters. The van der Waals surface area contributed by atoms with Gasteiger partial charge >= 0.3 is 0 Å². The number of nitrogens with two attached hydrogens (primary N) is 1. The van der Waals surface area contributed by atoms with Gasteiger partial charge < -0.3 is 5.73 Å². The van der Waals surface area contributed by atoms with Gasteiger partial charge in [0, 0.05) is 26.3 Å². The summed E-state index contributed by atoms with van der Waals surface area (Å²) in [6.07, 6.45) is 1.69. The average molecular weight is 297 g/mol. The predicted octanol–water partition coefficient (Wildman–Crippen LogP) is 1.66. The molecule has 22 heavy (non-hydrogen) atoms. The van der Waals surface area contributed by atoms with Crippen molar-refractivity contribution >= 4 is 10.9 Å². The molecule has 0 spiro atoms. The topological polar surface area (TPSA) is 78.7 Å². The predicted molar refractivity (Wildman–Crippen MR) is 86.5 cm³/mol. The lowest BCUT2D eigenvalue weighted by Crippen LogP contribution is -2.22. The summed E-state index contributed by atoms with van der Waals surface area (Å²) in [7, 11) is 3.55. The van der Waals surface area contributed by atoms with Gasteiger partial charge in [0.2, 0.25) is 0 Å². The lowest BCUT2D eigenvalue weighted by molar-refractivity contribution is 0.751. The molecular formula is C16H19N5O. The fourth-order valence-corrected chi connectivity index (χ4v) is 2.72. The minimum Gasteiger partial charge on any atom is -0.324 e. The Hall–Kier alpha value is -2.47. The number of hydrogen-bond donors (Lipinski definition) is 1. The van der Waals surface area contributed by atoms with Gasteiger partial charge in [-0.15, -0.1) is 0 Å². The first-order valence-electron chi connectivity index (χ1n) is 7.15. The molecule has 3 aromatic rings. The maximum absolute atomic E-state index is 12.7. The molecule has 0 unspecified atom stereocenters. The summed E-state index contributed by atoms with van der Waals surface area (Å²) in [6.45, 7) is 3.86. The van der Waals surface area contributed by atoms with E-state index in [2.05, 4.69) is 5.10 Å². The molecule has 0 amide bonds. The normalized spacial score (nSPS) is 12.8. The van der Waals surface area contributed by atoms with Crippen LogP contribution in [0.3, 0.4) is 0 Å². The van der Waals surface area contributed by atoms with Gasteiger partial charge in [-0.3, -0.25) is 14.0 Å². The highest BCUT2D eigenvalue weighted by molar-refractivity contribution is 5.84. The van der Waals surface area contributed by atoms with Gasteiger partial charge in [0.05, 0.1) is 10.9 Å². The number of fused-ring (bicyclic) bond motifs is 1. The monoisotopic (exact) mass is 297 g/mol. The molecule has 2 heterocycles. The van der Waals surface area contributed by atoms with E-state index in [0.29, 0.717) is 16.7 Å². The van der Waals surface area contributed by atoms with E-state index >= 15 is 0 Å². The highest BCUT2D eigenvalue weighted by atomic mass is 16.1. The molecule has 2 N–H and O–H groups in total. The van der Waals surface area contributed by atoms with Gasteiger partial charge in [0.25, 0.3) is 5.56 Å². The number of aromatic nitrogens is 4. The Labute approximate surface area is 128 Å². The first kappa shape index (κ1) is 14.5. The van der Waals surface area contributed by atoms with Crippen LogP contribution in [0.25, 0.3) is 22.4 Å². The van der Waals surface area contributed by atoms with E-state index < -0.39 is 0 Å². The van der Waals surface area contributed by atoms with Gasteiger partial charge in [0.15, 0.2) is 5.82 Å². The zero-order valence-corrected chi connectivity index (χ0v) is 13.2. The highest BCUT2D eigenvalue weighted by Crippen LogP contribution is 2.24. The molecule has 1 aromatic carbocycles. The lowest BCUT2D eigenvalue weighted by Gasteiger charge is -2.14. The molecule has 0 bridgehead atoms. The van der Waals surface area contributed by atoms with E-state index in [-0.39, 0.29) is 11.6 Å². The Bertz CT molecular complexity index is 920. The zero-order chi connectivity index (χ0) is 16.0. The van der Waals surface area contributed by atoms with Crippen molar-refractivity contribution in [2.24, 2.45) is 19.8 Å². The largest absolute Gasteiger partial charge is 0.324 e. The second-order valence-corrected chi connectivity index (χ2v) is 5.68. The van der Waals surface area contributed by atoms with Crippen molar-refractivity contribution in [2.45, 2.75) is 19.9 Å². The van der Waals surface area contributed by atoms with Crippen molar-refractivity contribution in [1.82, 2.24) is 19.3 Å². The van der Waals surface area contributed by atoms with E-state index in [1.807, 2.05) is 39.1 Å². The summed E-state index contributed by atoms with van der Waals surface area (Å²) in [5, 5.41) is 4.75.